The van der Waals surface area contributed by atoms with Crippen molar-refractivity contribution in [3.05, 3.63) is 11.8 Å². The number of aromatic nitrogens is 2. The van der Waals surface area contributed by atoms with Crippen LogP contribution in [0.5, 0.6) is 0 Å². The first-order valence-electron chi connectivity index (χ1n) is 3.77. The Bertz CT molecular complexity index is 327. The number of nitrogens with zero attached hydrogens (tertiary/aromatic N) is 2. The highest BCUT2D eigenvalue weighted by atomic mass is 16.4. The van der Waals surface area contributed by atoms with E-state index in [0.717, 1.165) is 12.8 Å². The fourth-order valence-electron chi connectivity index (χ4n) is 1.12. The van der Waals surface area contributed by atoms with Crippen LogP contribution in [0.3, 0.4) is 0 Å². The third-order valence-electron chi connectivity index (χ3n) is 1.88. The predicted octanol–water partition coefficient (Wildman–Crippen LogP) is 0.498. The van der Waals surface area contributed by atoms with Gasteiger partial charge in [0.1, 0.15) is 5.82 Å². The van der Waals surface area contributed by atoms with Crippen LogP contribution in [-0.2, 0) is 0 Å². The number of hydrogen-bond acceptors (Lipinski definition) is 3. The van der Waals surface area contributed by atoms with Crippen molar-refractivity contribution < 1.29 is 9.90 Å². The van der Waals surface area contributed by atoms with Crippen molar-refractivity contribution in [2.24, 2.45) is 0 Å². The lowest BCUT2D eigenvalue weighted by Crippen LogP contribution is -2.03. The fourth-order valence-corrected chi connectivity index (χ4v) is 1.12. The average Bonchev–Trinajstić information content (AvgIpc) is 2.75. The molecule has 1 aliphatic rings. The van der Waals surface area contributed by atoms with Crippen molar-refractivity contribution in [1.29, 1.82) is 0 Å². The number of nitrogens with two attached hydrogens (primary N) is 1. The van der Waals surface area contributed by atoms with Gasteiger partial charge in [-0.3, -0.25) is 0 Å². The van der Waals surface area contributed by atoms with E-state index in [-0.39, 0.29) is 5.69 Å². The van der Waals surface area contributed by atoms with Gasteiger partial charge in [0.05, 0.1) is 6.04 Å². The van der Waals surface area contributed by atoms with Gasteiger partial charge in [0.25, 0.3) is 0 Å². The summed E-state index contributed by atoms with van der Waals surface area (Å²) >= 11 is 0. The third-order valence-corrected chi connectivity index (χ3v) is 1.88. The van der Waals surface area contributed by atoms with Gasteiger partial charge in [0.15, 0.2) is 5.69 Å². The standard InChI is InChI=1S/C7H9N3O2/c8-6-3-5(7(11)12)9-10(6)4-1-2-4/h3-4H,1-2,8H2,(H,11,12). The fraction of sp³-hybridized carbons (Fsp3) is 0.429. The van der Waals surface area contributed by atoms with E-state index in [4.69, 9.17) is 10.8 Å². The molecule has 1 fully saturated rings. The first-order valence-corrected chi connectivity index (χ1v) is 3.77. The van der Waals surface area contributed by atoms with Gasteiger partial charge in [-0.2, -0.15) is 5.10 Å². The third kappa shape index (κ3) is 1.03. The van der Waals surface area contributed by atoms with Crippen LogP contribution in [0.25, 0.3) is 0 Å². The van der Waals surface area contributed by atoms with E-state index in [1.807, 2.05) is 0 Å². The van der Waals surface area contributed by atoms with Crippen LogP contribution in [0.1, 0.15) is 29.4 Å². The Hall–Kier alpha value is -1.52. The predicted molar refractivity (Wildman–Crippen MR) is 41.9 cm³/mol. The molecule has 5 nitrogen and oxygen atoms in total. The van der Waals surface area contributed by atoms with Crippen molar-refractivity contribution in [2.45, 2.75) is 18.9 Å². The van der Waals surface area contributed by atoms with Gasteiger partial charge in [0.2, 0.25) is 0 Å². The number of carbonyl (C=O) groups is 1. The van der Waals surface area contributed by atoms with Gasteiger partial charge < -0.3 is 10.8 Å². The highest BCUT2D eigenvalue weighted by Crippen LogP contribution is 2.36. The van der Waals surface area contributed by atoms with Gasteiger partial charge in [-0.15, -0.1) is 0 Å². The molecule has 5 heteroatoms. The zero-order valence-corrected chi connectivity index (χ0v) is 6.40. The minimum atomic E-state index is -1.03. The molecule has 0 amide bonds. The molecule has 0 bridgehead atoms. The molecular formula is C7H9N3O2. The number of carboxylic acid groups (broad SMARTS) is 1. The van der Waals surface area contributed by atoms with Crippen molar-refractivity contribution in [1.82, 2.24) is 9.78 Å². The lowest BCUT2D eigenvalue weighted by molar-refractivity contribution is 0.0689. The van der Waals surface area contributed by atoms with E-state index in [1.54, 1.807) is 4.68 Å². The van der Waals surface area contributed by atoms with Crippen LogP contribution in [0.4, 0.5) is 5.82 Å². The molecule has 0 atom stereocenters. The minimum Gasteiger partial charge on any atom is -0.476 e. The van der Waals surface area contributed by atoms with Crippen molar-refractivity contribution in [3.63, 3.8) is 0 Å². The average molecular weight is 167 g/mol. The Balaban J connectivity index is 2.36. The van der Waals surface area contributed by atoms with Crippen molar-refractivity contribution in [3.8, 4) is 0 Å². The zero-order valence-electron chi connectivity index (χ0n) is 6.40. The molecule has 1 aromatic rings. The Labute approximate surface area is 68.8 Å². The Morgan fingerprint density at radius 2 is 2.42 bits per heavy atom. The molecule has 1 aromatic heterocycles. The summed E-state index contributed by atoms with van der Waals surface area (Å²) in [6.07, 6.45) is 2.09. The Morgan fingerprint density at radius 3 is 2.83 bits per heavy atom. The second kappa shape index (κ2) is 2.23. The highest BCUT2D eigenvalue weighted by Gasteiger charge is 2.27. The van der Waals surface area contributed by atoms with Crippen LogP contribution in [0, 0.1) is 0 Å². The maximum Gasteiger partial charge on any atom is 0.356 e. The molecule has 64 valence electrons. The molecule has 0 radical (unpaired) electrons. The molecule has 0 aliphatic heterocycles. The molecule has 0 spiro atoms. The summed E-state index contributed by atoms with van der Waals surface area (Å²) in [5, 5.41) is 12.5. The molecule has 0 unspecified atom stereocenters. The molecule has 3 N–H and O–H groups in total. The van der Waals surface area contributed by atoms with Crippen LogP contribution in [-0.4, -0.2) is 20.9 Å². The Morgan fingerprint density at radius 1 is 1.75 bits per heavy atom. The summed E-state index contributed by atoms with van der Waals surface area (Å²) in [4.78, 5) is 10.5. The second-order valence-electron chi connectivity index (χ2n) is 2.94. The molecule has 0 saturated heterocycles. The zero-order chi connectivity index (χ0) is 8.72. The van der Waals surface area contributed by atoms with E-state index >= 15 is 0 Å². The van der Waals surface area contributed by atoms with Crippen LogP contribution in [0.15, 0.2) is 6.07 Å². The second-order valence-corrected chi connectivity index (χ2v) is 2.94. The SMILES string of the molecule is Nc1cc(C(=O)O)nn1C1CC1. The number of carboxylic acids is 1. The van der Waals surface area contributed by atoms with E-state index < -0.39 is 5.97 Å². The summed E-state index contributed by atoms with van der Waals surface area (Å²) < 4.78 is 1.59. The van der Waals surface area contributed by atoms with Crippen LogP contribution < -0.4 is 5.73 Å². The molecular weight excluding hydrogens is 158 g/mol. The molecule has 1 saturated carbocycles. The van der Waals surface area contributed by atoms with E-state index in [2.05, 4.69) is 5.10 Å². The molecule has 1 aliphatic carbocycles. The normalized spacial score (nSPS) is 16.3. The van der Waals surface area contributed by atoms with Crippen LogP contribution in [0.2, 0.25) is 0 Å². The van der Waals surface area contributed by atoms with Crippen molar-refractivity contribution >= 4 is 11.8 Å². The number of rotatable bonds is 2. The van der Waals surface area contributed by atoms with Gasteiger partial charge in [-0.25, -0.2) is 9.48 Å². The summed E-state index contributed by atoms with van der Waals surface area (Å²) in [5.41, 5.74) is 5.58. The van der Waals surface area contributed by atoms with Crippen LogP contribution >= 0.6 is 0 Å². The summed E-state index contributed by atoms with van der Waals surface area (Å²) in [7, 11) is 0. The van der Waals surface area contributed by atoms with E-state index in [0.29, 0.717) is 11.9 Å². The Kier molecular flexibility index (Phi) is 1.33. The molecule has 0 aromatic carbocycles. The van der Waals surface area contributed by atoms with Gasteiger partial charge >= 0.3 is 5.97 Å². The number of aromatic carboxylic acids is 1. The molecule has 2 rings (SSSR count). The minimum absolute atomic E-state index is 0.0272. The highest BCUT2D eigenvalue weighted by molar-refractivity contribution is 5.86. The molecule has 12 heavy (non-hydrogen) atoms. The molecule has 1 heterocycles. The van der Waals surface area contributed by atoms with Crippen molar-refractivity contribution in [2.75, 3.05) is 5.73 Å². The number of anilines is 1. The number of nitrogen functional groups attached to an aromatic ring is 1. The van der Waals surface area contributed by atoms with Gasteiger partial charge in [-0.1, -0.05) is 0 Å². The lowest BCUT2D eigenvalue weighted by atomic mass is 10.4. The topological polar surface area (TPSA) is 81.1 Å². The van der Waals surface area contributed by atoms with Gasteiger partial charge in [-0.05, 0) is 12.8 Å². The summed E-state index contributed by atoms with van der Waals surface area (Å²) in [5.74, 6) is -0.587. The summed E-state index contributed by atoms with van der Waals surface area (Å²) in [6.45, 7) is 0. The maximum absolute atomic E-state index is 10.5. The summed E-state index contributed by atoms with van der Waals surface area (Å²) in [6, 6.07) is 1.72. The first-order chi connectivity index (χ1) is 5.68. The lowest BCUT2D eigenvalue weighted by Gasteiger charge is -1.97. The quantitative estimate of drug-likeness (QED) is 0.672. The van der Waals surface area contributed by atoms with Gasteiger partial charge in [0, 0.05) is 6.07 Å². The largest absolute Gasteiger partial charge is 0.476 e. The monoisotopic (exact) mass is 167 g/mol. The first kappa shape index (κ1) is 7.15. The number of hydrogen-bond donors (Lipinski definition) is 2. The van der Waals surface area contributed by atoms with E-state index in [1.165, 1.54) is 6.07 Å². The smallest absolute Gasteiger partial charge is 0.356 e. The maximum atomic E-state index is 10.5. The van der Waals surface area contributed by atoms with E-state index in [9.17, 15) is 4.79 Å².